The van der Waals surface area contributed by atoms with Gasteiger partial charge in [0.1, 0.15) is 29.2 Å². The number of primary amides is 1. The topological polar surface area (TPSA) is 141 Å². The largest absolute Gasteiger partial charge is 0.457 e. The van der Waals surface area contributed by atoms with Gasteiger partial charge < -0.3 is 20.3 Å². The van der Waals surface area contributed by atoms with E-state index in [1.807, 2.05) is 60.7 Å². The number of nitrogens with zero attached hydrogens (tertiary/aromatic N) is 5. The number of piperazine rings is 1. The van der Waals surface area contributed by atoms with Gasteiger partial charge in [-0.15, -0.1) is 0 Å². The number of amides is 4. The van der Waals surface area contributed by atoms with E-state index in [4.69, 9.17) is 15.5 Å². The molecule has 1 atom stereocenters. The molecule has 3 aromatic carbocycles. The number of imide groups is 1. The molecule has 12 nitrogen and oxygen atoms in total. The molecule has 278 valence electrons. The molecule has 1 aromatic heterocycles. The number of piperidine rings is 2. The van der Waals surface area contributed by atoms with Crippen molar-refractivity contribution in [1.82, 2.24) is 25.0 Å². The Balaban J connectivity index is 0.854. The van der Waals surface area contributed by atoms with Gasteiger partial charge >= 0.3 is 0 Å². The number of nitrogens with two attached hydrogens (primary N) is 1. The van der Waals surface area contributed by atoms with E-state index in [2.05, 4.69) is 20.0 Å². The lowest BCUT2D eigenvalue weighted by Gasteiger charge is -2.43. The maximum absolute atomic E-state index is 15.8. The third-order valence-electron chi connectivity index (χ3n) is 11.1. The number of aromatic nitrogens is 1. The molecule has 13 heteroatoms. The second-order valence-electron chi connectivity index (χ2n) is 14.4. The maximum Gasteiger partial charge on any atom is 0.255 e. The van der Waals surface area contributed by atoms with Crippen LogP contribution in [0.2, 0.25) is 0 Å². The number of benzene rings is 3. The highest BCUT2D eigenvalue weighted by Crippen LogP contribution is 2.33. The number of para-hydroxylation sites is 1. The van der Waals surface area contributed by atoms with E-state index in [0.717, 1.165) is 69.2 Å². The van der Waals surface area contributed by atoms with Gasteiger partial charge in [-0.1, -0.05) is 24.3 Å². The zero-order valence-corrected chi connectivity index (χ0v) is 29.9. The average Bonchev–Trinajstić information content (AvgIpc) is 3.53. The van der Waals surface area contributed by atoms with Crippen molar-refractivity contribution in [2.45, 2.75) is 50.9 Å². The van der Waals surface area contributed by atoms with Crippen LogP contribution in [0.3, 0.4) is 0 Å². The number of anilines is 1. The van der Waals surface area contributed by atoms with E-state index in [1.165, 1.54) is 4.90 Å². The lowest BCUT2D eigenvalue weighted by molar-refractivity contribution is -0.136. The molecule has 3 N–H and O–H groups in total. The molecule has 4 aliphatic heterocycles. The van der Waals surface area contributed by atoms with Crippen LogP contribution in [0.4, 0.5) is 10.2 Å². The van der Waals surface area contributed by atoms with Crippen molar-refractivity contribution in [3.05, 3.63) is 107 Å². The first-order valence-corrected chi connectivity index (χ1v) is 18.5. The monoisotopic (exact) mass is 731 g/mol. The number of carbonyl (C=O) groups is 4. The first-order valence-electron chi connectivity index (χ1n) is 18.5. The van der Waals surface area contributed by atoms with Crippen LogP contribution in [0.15, 0.2) is 78.9 Å². The second kappa shape index (κ2) is 15.0. The minimum atomic E-state index is -0.772. The standard InChI is InChI=1S/C41H42FN7O5/c42-37-27(8-11-31-33(37)25-49(41(31)53)34-13-15-36(50)45-40(34)52)24-46-20-22-47(23-21-46)28-16-18-48(19-17-28)35-14-12-32(39(43)51)38(44-35)26-6-9-30(10-7-26)54-29-4-2-1-3-5-29/h1-12,14,28,34H,13,15-25H2,(H2,43,51)(H,45,50,52). The zero-order valence-electron chi connectivity index (χ0n) is 29.9. The highest BCUT2D eigenvalue weighted by Gasteiger charge is 2.40. The van der Waals surface area contributed by atoms with E-state index in [1.54, 1.807) is 18.2 Å². The minimum absolute atomic E-state index is 0.0242. The number of nitrogens with one attached hydrogen (secondary N) is 1. The van der Waals surface area contributed by atoms with Crippen molar-refractivity contribution in [3.63, 3.8) is 0 Å². The highest BCUT2D eigenvalue weighted by atomic mass is 19.1. The smallest absolute Gasteiger partial charge is 0.255 e. The third-order valence-corrected chi connectivity index (χ3v) is 11.1. The molecular formula is C41H42FN7O5. The summed E-state index contributed by atoms with van der Waals surface area (Å²) in [5.74, 6) is 0.0725. The fourth-order valence-electron chi connectivity index (χ4n) is 8.11. The van der Waals surface area contributed by atoms with Gasteiger partial charge in [-0.3, -0.25) is 34.3 Å². The SMILES string of the molecule is NC(=O)c1ccc(N2CCC(N3CCN(Cc4ccc5c(c4F)CN(C4CCC(=O)NC4=O)C5=O)CC3)CC2)nc1-c1ccc(Oc2ccccc2)cc1. The fourth-order valence-corrected chi connectivity index (χ4v) is 8.11. The number of hydrogen-bond acceptors (Lipinski definition) is 9. The molecule has 0 bridgehead atoms. The van der Waals surface area contributed by atoms with E-state index in [9.17, 15) is 19.2 Å². The quantitative estimate of drug-likeness (QED) is 0.241. The Morgan fingerprint density at radius 2 is 1.57 bits per heavy atom. The molecule has 3 fully saturated rings. The normalized spacial score (nSPS) is 19.9. The van der Waals surface area contributed by atoms with E-state index >= 15 is 4.39 Å². The lowest BCUT2D eigenvalue weighted by Crippen LogP contribution is -2.53. The summed E-state index contributed by atoms with van der Waals surface area (Å²) in [6.45, 7) is 5.46. The summed E-state index contributed by atoms with van der Waals surface area (Å²) in [5.41, 5.74) is 8.60. The van der Waals surface area contributed by atoms with Gasteiger partial charge in [0.2, 0.25) is 11.8 Å². The lowest BCUT2D eigenvalue weighted by atomic mass is 10.0. The molecule has 5 heterocycles. The molecule has 8 rings (SSSR count). The Kier molecular flexibility index (Phi) is 9.82. The fraction of sp³-hybridized carbons (Fsp3) is 0.341. The van der Waals surface area contributed by atoms with Crippen LogP contribution >= 0.6 is 0 Å². The van der Waals surface area contributed by atoms with Crippen LogP contribution in [0, 0.1) is 5.82 Å². The molecule has 1 unspecified atom stereocenters. The summed E-state index contributed by atoms with van der Waals surface area (Å²) >= 11 is 0. The summed E-state index contributed by atoms with van der Waals surface area (Å²) < 4.78 is 21.7. The summed E-state index contributed by atoms with van der Waals surface area (Å²) in [7, 11) is 0. The van der Waals surface area contributed by atoms with E-state index in [-0.39, 0.29) is 42.6 Å². The van der Waals surface area contributed by atoms with Gasteiger partial charge in [-0.25, -0.2) is 9.37 Å². The number of fused-ring (bicyclic) bond motifs is 1. The predicted octanol–water partition coefficient (Wildman–Crippen LogP) is 4.33. The molecule has 0 radical (unpaired) electrons. The average molecular weight is 732 g/mol. The van der Waals surface area contributed by atoms with Crippen molar-refractivity contribution in [2.75, 3.05) is 44.2 Å². The first kappa shape index (κ1) is 35.4. The van der Waals surface area contributed by atoms with Crippen LogP contribution < -0.4 is 20.7 Å². The van der Waals surface area contributed by atoms with Gasteiger partial charge in [0.15, 0.2) is 0 Å². The van der Waals surface area contributed by atoms with Gasteiger partial charge in [0.05, 0.1) is 17.8 Å². The third kappa shape index (κ3) is 7.16. The summed E-state index contributed by atoms with van der Waals surface area (Å²) in [6.07, 6.45) is 2.34. The van der Waals surface area contributed by atoms with Crippen LogP contribution in [-0.2, 0) is 22.7 Å². The van der Waals surface area contributed by atoms with Crippen LogP contribution in [0.25, 0.3) is 11.3 Å². The van der Waals surface area contributed by atoms with Crippen molar-refractivity contribution in [1.29, 1.82) is 0 Å². The zero-order chi connectivity index (χ0) is 37.3. The molecule has 4 aromatic rings. The van der Waals surface area contributed by atoms with Gasteiger partial charge in [0, 0.05) is 80.5 Å². The molecule has 0 saturated carbocycles. The highest BCUT2D eigenvalue weighted by molar-refractivity contribution is 6.05. The minimum Gasteiger partial charge on any atom is -0.457 e. The number of carbonyl (C=O) groups excluding carboxylic acids is 4. The summed E-state index contributed by atoms with van der Waals surface area (Å²) in [6, 6.07) is 23.7. The first-order chi connectivity index (χ1) is 26.2. The Morgan fingerprint density at radius 1 is 0.852 bits per heavy atom. The molecule has 54 heavy (non-hydrogen) atoms. The molecule has 4 amide bonds. The summed E-state index contributed by atoms with van der Waals surface area (Å²) in [4.78, 5) is 62.8. The molecule has 4 aliphatic rings. The van der Waals surface area contributed by atoms with Crippen LogP contribution in [0.1, 0.15) is 57.5 Å². The van der Waals surface area contributed by atoms with Gasteiger partial charge in [-0.05, 0) is 73.9 Å². The Hall–Kier alpha value is -5.66. The number of ether oxygens (including phenoxy) is 1. The van der Waals surface area contributed by atoms with Crippen molar-refractivity contribution in [2.24, 2.45) is 5.73 Å². The second-order valence-corrected chi connectivity index (χ2v) is 14.4. The molecule has 3 saturated heterocycles. The Bertz CT molecular complexity index is 2080. The predicted molar refractivity (Wildman–Crippen MR) is 199 cm³/mol. The van der Waals surface area contributed by atoms with E-state index < -0.39 is 17.9 Å². The van der Waals surface area contributed by atoms with Crippen molar-refractivity contribution in [3.8, 4) is 22.8 Å². The van der Waals surface area contributed by atoms with Crippen LogP contribution in [-0.4, -0.2) is 94.7 Å². The molecule has 0 spiro atoms. The molecular weight excluding hydrogens is 689 g/mol. The van der Waals surface area contributed by atoms with Crippen molar-refractivity contribution < 1.29 is 28.3 Å². The summed E-state index contributed by atoms with van der Waals surface area (Å²) in [5, 5.41) is 2.29. The van der Waals surface area contributed by atoms with Gasteiger partial charge in [0.25, 0.3) is 11.8 Å². The number of halogens is 1. The maximum atomic E-state index is 15.8. The number of pyridine rings is 1. The van der Waals surface area contributed by atoms with Crippen LogP contribution in [0.5, 0.6) is 11.5 Å². The van der Waals surface area contributed by atoms with E-state index in [0.29, 0.717) is 40.7 Å². The van der Waals surface area contributed by atoms with Gasteiger partial charge in [-0.2, -0.15) is 0 Å². The van der Waals surface area contributed by atoms with Crippen molar-refractivity contribution >= 4 is 29.4 Å². The Labute approximate surface area is 312 Å². The molecule has 0 aliphatic carbocycles. The number of rotatable bonds is 9. The Morgan fingerprint density at radius 3 is 2.28 bits per heavy atom. The number of hydrogen-bond donors (Lipinski definition) is 2.